The van der Waals surface area contributed by atoms with E-state index in [0.29, 0.717) is 27.1 Å². The third kappa shape index (κ3) is 3.67. The van der Waals surface area contributed by atoms with Gasteiger partial charge in [0, 0.05) is 20.7 Å². The van der Waals surface area contributed by atoms with Crippen molar-refractivity contribution in [2.24, 2.45) is 0 Å². The van der Waals surface area contributed by atoms with E-state index in [1.54, 1.807) is 23.9 Å². The van der Waals surface area contributed by atoms with Crippen LogP contribution in [0.5, 0.6) is 0 Å². The molecule has 0 aliphatic carbocycles. The summed E-state index contributed by atoms with van der Waals surface area (Å²) >= 11 is 15.1. The zero-order valence-corrected chi connectivity index (χ0v) is 15.1. The predicted molar refractivity (Wildman–Crippen MR) is 97.5 cm³/mol. The molecule has 7 heteroatoms. The number of carbonyl (C=O) groups is 1. The maximum Gasteiger partial charge on any atom is 0.262 e. The molecule has 23 heavy (non-hydrogen) atoms. The summed E-state index contributed by atoms with van der Waals surface area (Å²) in [5.74, 6) is 1.32. The number of amides is 1. The summed E-state index contributed by atoms with van der Waals surface area (Å²) in [6, 6.07) is 11.2. The summed E-state index contributed by atoms with van der Waals surface area (Å²) in [5, 5.41) is 13.3. The van der Waals surface area contributed by atoms with Gasteiger partial charge in [-0.05, 0) is 48.1 Å². The topological polar surface area (TPSA) is 52.9 Å². The largest absolute Gasteiger partial charge is 0.332 e. The lowest BCUT2D eigenvalue weighted by Crippen LogP contribution is -2.47. The minimum atomic E-state index is -0.745. The van der Waals surface area contributed by atoms with Gasteiger partial charge in [-0.1, -0.05) is 23.2 Å². The molecule has 1 atom stereocenters. The number of carbonyl (C=O) groups excluding carboxylic acids is 1. The first-order valence-electron chi connectivity index (χ1n) is 6.89. The van der Waals surface area contributed by atoms with Crippen LogP contribution in [0, 0.1) is 11.3 Å². The van der Waals surface area contributed by atoms with Gasteiger partial charge in [0.25, 0.3) is 5.91 Å². The standard InChI is InChI=1S/C16H12Cl2N2OS2/c17-11-5-10(6-12(18)7-11)13-1-2-14(23-13)15(21)20-16(8-19)3-4-22-9-16/h1-2,5-7H,3-4,9H2,(H,20,21). The molecule has 3 nitrogen and oxygen atoms in total. The van der Waals surface area contributed by atoms with Crippen molar-refractivity contribution in [3.8, 4) is 16.5 Å². The number of rotatable bonds is 3. The number of hydrogen-bond acceptors (Lipinski definition) is 4. The summed E-state index contributed by atoms with van der Waals surface area (Å²) in [7, 11) is 0. The van der Waals surface area contributed by atoms with Crippen molar-refractivity contribution in [2.45, 2.75) is 12.0 Å². The molecule has 1 fully saturated rings. The molecule has 0 radical (unpaired) electrons. The Hall–Kier alpha value is -1.19. The highest BCUT2D eigenvalue weighted by atomic mass is 35.5. The van der Waals surface area contributed by atoms with Crippen LogP contribution in [-0.4, -0.2) is 23.0 Å². The lowest BCUT2D eigenvalue weighted by atomic mass is 10.0. The summed E-state index contributed by atoms with van der Waals surface area (Å²) < 4.78 is 0. The number of nitriles is 1. The van der Waals surface area contributed by atoms with E-state index in [9.17, 15) is 10.1 Å². The highest BCUT2D eigenvalue weighted by molar-refractivity contribution is 7.99. The second-order valence-electron chi connectivity index (χ2n) is 5.27. The van der Waals surface area contributed by atoms with Crippen LogP contribution in [0.1, 0.15) is 16.1 Å². The molecule has 0 spiro atoms. The first kappa shape index (κ1) is 16.7. The fraction of sp³-hybridized carbons (Fsp3) is 0.250. The van der Waals surface area contributed by atoms with Crippen LogP contribution in [0.4, 0.5) is 0 Å². The van der Waals surface area contributed by atoms with Gasteiger partial charge < -0.3 is 5.32 Å². The van der Waals surface area contributed by atoms with Gasteiger partial charge in [0.1, 0.15) is 5.54 Å². The van der Waals surface area contributed by atoms with Gasteiger partial charge in [-0.2, -0.15) is 17.0 Å². The molecule has 1 aliphatic heterocycles. The molecule has 2 aromatic rings. The van der Waals surface area contributed by atoms with Crippen molar-refractivity contribution in [2.75, 3.05) is 11.5 Å². The molecular weight excluding hydrogens is 371 g/mol. The molecule has 0 saturated carbocycles. The first-order chi connectivity index (χ1) is 11.0. The third-order valence-corrected chi connectivity index (χ3v) is 6.32. The summed E-state index contributed by atoms with van der Waals surface area (Å²) in [6.45, 7) is 0. The summed E-state index contributed by atoms with van der Waals surface area (Å²) in [4.78, 5) is 13.9. The van der Waals surface area contributed by atoms with Crippen molar-refractivity contribution in [3.63, 3.8) is 0 Å². The van der Waals surface area contributed by atoms with Crippen LogP contribution in [-0.2, 0) is 0 Å². The van der Waals surface area contributed by atoms with Crippen molar-refractivity contribution in [3.05, 3.63) is 45.3 Å². The molecule has 1 unspecified atom stereocenters. The quantitative estimate of drug-likeness (QED) is 0.824. The van der Waals surface area contributed by atoms with Gasteiger partial charge in [-0.3, -0.25) is 4.79 Å². The minimum Gasteiger partial charge on any atom is -0.332 e. The fourth-order valence-corrected chi connectivity index (χ4v) is 5.05. The van der Waals surface area contributed by atoms with Gasteiger partial charge in [-0.15, -0.1) is 11.3 Å². The second kappa shape index (κ2) is 6.74. The Kier molecular flexibility index (Phi) is 4.88. The highest BCUT2D eigenvalue weighted by Crippen LogP contribution is 2.33. The molecule has 1 aromatic carbocycles. The van der Waals surface area contributed by atoms with Crippen LogP contribution in [0.3, 0.4) is 0 Å². The zero-order valence-electron chi connectivity index (χ0n) is 11.9. The van der Waals surface area contributed by atoms with Crippen molar-refractivity contribution in [1.29, 1.82) is 5.26 Å². The molecule has 1 saturated heterocycles. The molecule has 1 aromatic heterocycles. The average Bonchev–Trinajstić information content (AvgIpc) is 3.16. The van der Waals surface area contributed by atoms with E-state index in [2.05, 4.69) is 11.4 Å². The molecule has 0 bridgehead atoms. The van der Waals surface area contributed by atoms with E-state index < -0.39 is 5.54 Å². The van der Waals surface area contributed by atoms with E-state index >= 15 is 0 Å². The van der Waals surface area contributed by atoms with E-state index in [-0.39, 0.29) is 5.91 Å². The number of hydrogen-bond donors (Lipinski definition) is 1. The zero-order chi connectivity index (χ0) is 16.4. The molecule has 3 rings (SSSR count). The monoisotopic (exact) mass is 382 g/mol. The number of nitrogens with one attached hydrogen (secondary N) is 1. The van der Waals surface area contributed by atoms with Gasteiger partial charge in [0.15, 0.2) is 0 Å². The summed E-state index contributed by atoms with van der Waals surface area (Å²) in [5.41, 5.74) is 0.128. The van der Waals surface area contributed by atoms with Gasteiger partial charge >= 0.3 is 0 Å². The van der Waals surface area contributed by atoms with Crippen LogP contribution in [0.25, 0.3) is 10.4 Å². The Morgan fingerprint density at radius 1 is 1.26 bits per heavy atom. The fourth-order valence-electron chi connectivity index (χ4n) is 2.37. The normalized spacial score (nSPS) is 20.2. The lowest BCUT2D eigenvalue weighted by Gasteiger charge is -2.20. The summed E-state index contributed by atoms with van der Waals surface area (Å²) in [6.07, 6.45) is 0.683. The average molecular weight is 383 g/mol. The third-order valence-electron chi connectivity index (χ3n) is 3.57. The molecule has 2 heterocycles. The number of thioether (sulfide) groups is 1. The van der Waals surface area contributed by atoms with Gasteiger partial charge in [0.2, 0.25) is 0 Å². The highest BCUT2D eigenvalue weighted by Gasteiger charge is 2.36. The maximum absolute atomic E-state index is 12.4. The molecule has 118 valence electrons. The van der Waals surface area contributed by atoms with Crippen LogP contribution >= 0.6 is 46.3 Å². The van der Waals surface area contributed by atoms with E-state index in [1.165, 1.54) is 11.3 Å². The van der Waals surface area contributed by atoms with Crippen molar-refractivity contribution < 1.29 is 4.79 Å². The Morgan fingerprint density at radius 3 is 2.61 bits per heavy atom. The van der Waals surface area contributed by atoms with E-state index in [4.69, 9.17) is 23.2 Å². The van der Waals surface area contributed by atoms with E-state index in [1.807, 2.05) is 18.2 Å². The SMILES string of the molecule is N#CC1(NC(=O)c2ccc(-c3cc(Cl)cc(Cl)c3)s2)CCSC1. The van der Waals surface area contributed by atoms with Gasteiger partial charge in [0.05, 0.1) is 10.9 Å². The lowest BCUT2D eigenvalue weighted by molar-refractivity contribution is 0.0930. The van der Waals surface area contributed by atoms with Gasteiger partial charge in [-0.25, -0.2) is 0 Å². The molecule has 1 N–H and O–H groups in total. The Morgan fingerprint density at radius 2 is 2.00 bits per heavy atom. The predicted octanol–water partition coefficient (Wildman–Crippen LogP) is 4.85. The maximum atomic E-state index is 12.4. The van der Waals surface area contributed by atoms with Crippen molar-refractivity contribution >= 4 is 52.2 Å². The van der Waals surface area contributed by atoms with Crippen LogP contribution < -0.4 is 5.32 Å². The number of nitrogens with zero attached hydrogens (tertiary/aromatic N) is 1. The Labute approximate surface area is 152 Å². The van der Waals surface area contributed by atoms with Crippen molar-refractivity contribution in [1.82, 2.24) is 5.32 Å². The smallest absolute Gasteiger partial charge is 0.262 e. The van der Waals surface area contributed by atoms with E-state index in [0.717, 1.165) is 16.2 Å². The van der Waals surface area contributed by atoms with Crippen LogP contribution in [0.2, 0.25) is 10.0 Å². The molecular formula is C16H12Cl2N2OS2. The first-order valence-corrected chi connectivity index (χ1v) is 9.62. The Balaban J connectivity index is 1.81. The second-order valence-corrected chi connectivity index (χ2v) is 8.33. The number of halogens is 2. The minimum absolute atomic E-state index is 0.210. The number of thiophene rings is 1. The number of benzene rings is 1. The Bertz CT molecular complexity index is 771. The molecule has 1 amide bonds. The molecule has 1 aliphatic rings. The van der Waals surface area contributed by atoms with Crippen LogP contribution in [0.15, 0.2) is 30.3 Å².